The third kappa shape index (κ3) is 1.16. The SMILES string of the molecule is C=C1CC[C@@H]2[C@H]1[C@H]1OC(=O)[C@@H](C)[C@@H]1C[C@H]1O[C@@]21C. The molecule has 2 heterocycles. The van der Waals surface area contributed by atoms with Crippen molar-refractivity contribution in [3.05, 3.63) is 12.2 Å². The van der Waals surface area contributed by atoms with Crippen molar-refractivity contribution in [3.63, 3.8) is 0 Å². The fourth-order valence-corrected chi connectivity index (χ4v) is 4.67. The molecule has 7 atom stereocenters. The topological polar surface area (TPSA) is 38.8 Å². The zero-order valence-corrected chi connectivity index (χ0v) is 11.0. The molecule has 2 saturated carbocycles. The van der Waals surface area contributed by atoms with E-state index in [4.69, 9.17) is 9.47 Å². The Kier molecular flexibility index (Phi) is 1.95. The molecule has 4 fully saturated rings. The van der Waals surface area contributed by atoms with Crippen LogP contribution < -0.4 is 0 Å². The maximum absolute atomic E-state index is 11.9. The van der Waals surface area contributed by atoms with E-state index in [2.05, 4.69) is 13.5 Å². The van der Waals surface area contributed by atoms with Gasteiger partial charge >= 0.3 is 5.97 Å². The summed E-state index contributed by atoms with van der Waals surface area (Å²) in [6.45, 7) is 8.47. The van der Waals surface area contributed by atoms with Gasteiger partial charge in [0.25, 0.3) is 0 Å². The van der Waals surface area contributed by atoms with Gasteiger partial charge < -0.3 is 9.47 Å². The molecule has 0 N–H and O–H groups in total. The minimum atomic E-state index is -0.0206. The quantitative estimate of drug-likeness (QED) is 0.375. The van der Waals surface area contributed by atoms with Gasteiger partial charge in [0.15, 0.2) is 0 Å². The number of hydrogen-bond donors (Lipinski definition) is 0. The first kappa shape index (κ1) is 11.0. The fourth-order valence-electron chi connectivity index (χ4n) is 4.67. The Morgan fingerprint density at radius 2 is 2.22 bits per heavy atom. The maximum atomic E-state index is 11.9. The number of hydrogen-bond acceptors (Lipinski definition) is 3. The number of ether oxygens (including phenoxy) is 2. The number of rotatable bonds is 0. The Balaban J connectivity index is 1.76. The minimum Gasteiger partial charge on any atom is -0.461 e. The molecule has 0 spiro atoms. The summed E-state index contributed by atoms with van der Waals surface area (Å²) in [6.07, 6.45) is 3.60. The molecule has 2 saturated heterocycles. The summed E-state index contributed by atoms with van der Waals surface area (Å²) >= 11 is 0. The molecule has 0 bridgehead atoms. The van der Waals surface area contributed by atoms with Crippen molar-refractivity contribution in [1.82, 2.24) is 0 Å². The van der Waals surface area contributed by atoms with Crippen LogP contribution in [-0.2, 0) is 14.3 Å². The first-order valence-corrected chi connectivity index (χ1v) is 7.08. The molecule has 2 aliphatic heterocycles. The summed E-state index contributed by atoms with van der Waals surface area (Å²) in [5.74, 6) is 1.17. The molecule has 3 nitrogen and oxygen atoms in total. The molecule has 0 aromatic rings. The van der Waals surface area contributed by atoms with E-state index >= 15 is 0 Å². The lowest BCUT2D eigenvalue weighted by molar-refractivity contribution is -0.145. The van der Waals surface area contributed by atoms with Crippen LogP contribution in [0.25, 0.3) is 0 Å². The molecule has 4 rings (SSSR count). The van der Waals surface area contributed by atoms with Crippen LogP contribution in [0, 0.1) is 23.7 Å². The molecule has 0 aromatic carbocycles. The summed E-state index contributed by atoms with van der Waals surface area (Å²) in [5.41, 5.74) is 1.30. The molecule has 0 amide bonds. The molecule has 0 radical (unpaired) electrons. The second-order valence-corrected chi connectivity index (χ2v) is 6.71. The number of carbonyl (C=O) groups excluding carboxylic acids is 1. The number of epoxide rings is 1. The van der Waals surface area contributed by atoms with E-state index in [-0.39, 0.29) is 23.6 Å². The highest BCUT2D eigenvalue weighted by atomic mass is 16.6. The largest absolute Gasteiger partial charge is 0.461 e. The van der Waals surface area contributed by atoms with Gasteiger partial charge in [-0.05, 0) is 26.2 Å². The van der Waals surface area contributed by atoms with E-state index < -0.39 is 0 Å². The van der Waals surface area contributed by atoms with E-state index in [1.165, 1.54) is 5.57 Å². The number of carbonyl (C=O) groups is 1. The van der Waals surface area contributed by atoms with Crippen LogP contribution in [0.5, 0.6) is 0 Å². The van der Waals surface area contributed by atoms with Crippen molar-refractivity contribution >= 4 is 5.97 Å². The van der Waals surface area contributed by atoms with E-state index in [1.54, 1.807) is 0 Å². The van der Waals surface area contributed by atoms with Crippen LogP contribution in [0.4, 0.5) is 0 Å². The normalized spacial score (nSPS) is 57.4. The van der Waals surface area contributed by atoms with Crippen LogP contribution >= 0.6 is 0 Å². The monoisotopic (exact) mass is 248 g/mol. The standard InChI is InChI=1S/C15H20O3/c1-7-4-5-10-12(7)13-9(8(2)14(16)17-13)6-11-15(10,3)18-11/h8-13H,1,4-6H2,2-3H3/t8-,9-,10+,11+,12-,13-,15-/m0/s1. The number of fused-ring (bicyclic) bond motifs is 5. The van der Waals surface area contributed by atoms with E-state index in [1.807, 2.05) is 6.92 Å². The lowest BCUT2D eigenvalue weighted by Gasteiger charge is -2.29. The Hall–Kier alpha value is -0.830. The summed E-state index contributed by atoms with van der Waals surface area (Å²) in [4.78, 5) is 11.9. The van der Waals surface area contributed by atoms with Crippen LogP contribution in [-0.4, -0.2) is 23.8 Å². The van der Waals surface area contributed by atoms with Crippen LogP contribution in [0.15, 0.2) is 12.2 Å². The van der Waals surface area contributed by atoms with E-state index in [0.29, 0.717) is 23.9 Å². The molecule has 2 aliphatic carbocycles. The highest BCUT2D eigenvalue weighted by Crippen LogP contribution is 2.61. The van der Waals surface area contributed by atoms with Gasteiger partial charge in [-0.2, -0.15) is 0 Å². The number of esters is 1. The highest BCUT2D eigenvalue weighted by Gasteiger charge is 2.67. The molecule has 0 unspecified atom stereocenters. The van der Waals surface area contributed by atoms with Crippen LogP contribution in [0.3, 0.4) is 0 Å². The Morgan fingerprint density at radius 3 is 3.00 bits per heavy atom. The van der Waals surface area contributed by atoms with Crippen LogP contribution in [0.1, 0.15) is 33.1 Å². The summed E-state index contributed by atoms with van der Waals surface area (Å²) in [7, 11) is 0. The minimum absolute atomic E-state index is 0.0206. The van der Waals surface area contributed by atoms with Crippen molar-refractivity contribution in [2.45, 2.75) is 50.9 Å². The van der Waals surface area contributed by atoms with Gasteiger partial charge in [0, 0.05) is 17.8 Å². The lowest BCUT2D eigenvalue weighted by atomic mass is 9.78. The van der Waals surface area contributed by atoms with Gasteiger partial charge in [-0.3, -0.25) is 4.79 Å². The second kappa shape index (κ2) is 3.19. The molecule has 4 aliphatic rings. The summed E-state index contributed by atoms with van der Waals surface area (Å²) < 4.78 is 11.7. The van der Waals surface area contributed by atoms with Gasteiger partial charge in [-0.15, -0.1) is 0 Å². The molecular formula is C15H20O3. The van der Waals surface area contributed by atoms with Gasteiger partial charge in [0.05, 0.1) is 17.6 Å². The van der Waals surface area contributed by atoms with Crippen molar-refractivity contribution in [1.29, 1.82) is 0 Å². The molecule has 3 heteroatoms. The molecule has 98 valence electrons. The van der Waals surface area contributed by atoms with Gasteiger partial charge in [-0.25, -0.2) is 0 Å². The Labute approximate surface area is 108 Å². The lowest BCUT2D eigenvalue weighted by Crippen LogP contribution is -2.34. The molecule has 18 heavy (non-hydrogen) atoms. The third-order valence-corrected chi connectivity index (χ3v) is 5.92. The Morgan fingerprint density at radius 1 is 1.44 bits per heavy atom. The van der Waals surface area contributed by atoms with Crippen molar-refractivity contribution < 1.29 is 14.3 Å². The van der Waals surface area contributed by atoms with Gasteiger partial charge in [0.1, 0.15) is 6.10 Å². The third-order valence-electron chi connectivity index (χ3n) is 5.92. The highest BCUT2D eigenvalue weighted by molar-refractivity contribution is 5.75. The van der Waals surface area contributed by atoms with Crippen LogP contribution in [0.2, 0.25) is 0 Å². The first-order chi connectivity index (χ1) is 8.52. The predicted octanol–water partition coefficient (Wildman–Crippen LogP) is 2.31. The zero-order chi connectivity index (χ0) is 12.7. The van der Waals surface area contributed by atoms with E-state index in [9.17, 15) is 4.79 Å². The van der Waals surface area contributed by atoms with E-state index in [0.717, 1.165) is 19.3 Å². The van der Waals surface area contributed by atoms with Gasteiger partial charge in [-0.1, -0.05) is 19.1 Å². The smallest absolute Gasteiger partial charge is 0.309 e. The predicted molar refractivity (Wildman–Crippen MR) is 65.8 cm³/mol. The second-order valence-electron chi connectivity index (χ2n) is 6.71. The fraction of sp³-hybridized carbons (Fsp3) is 0.800. The average Bonchev–Trinajstić information content (AvgIpc) is 2.71. The summed E-state index contributed by atoms with van der Waals surface area (Å²) in [5, 5.41) is 0. The Bertz CT molecular complexity index is 443. The zero-order valence-electron chi connectivity index (χ0n) is 11.0. The van der Waals surface area contributed by atoms with Crippen molar-refractivity contribution in [2.75, 3.05) is 0 Å². The first-order valence-electron chi connectivity index (χ1n) is 7.08. The van der Waals surface area contributed by atoms with Crippen molar-refractivity contribution in [2.24, 2.45) is 23.7 Å². The summed E-state index contributed by atoms with van der Waals surface area (Å²) in [6, 6.07) is 0. The average molecular weight is 248 g/mol. The maximum Gasteiger partial charge on any atom is 0.309 e. The van der Waals surface area contributed by atoms with Gasteiger partial charge in [0.2, 0.25) is 0 Å². The van der Waals surface area contributed by atoms with Crippen molar-refractivity contribution in [3.8, 4) is 0 Å². The molecular weight excluding hydrogens is 228 g/mol. The molecule has 0 aromatic heterocycles.